The molecule has 4 nitrogen and oxygen atoms in total. The van der Waals surface area contributed by atoms with E-state index in [1.54, 1.807) is 0 Å². The summed E-state index contributed by atoms with van der Waals surface area (Å²) in [7, 11) is 0. The third-order valence-electron chi connectivity index (χ3n) is 7.33. The molecule has 2 atom stereocenters. The van der Waals surface area contributed by atoms with E-state index in [4.69, 9.17) is 9.47 Å². The summed E-state index contributed by atoms with van der Waals surface area (Å²) in [6.45, 7) is 14.7. The molecule has 4 rings (SSSR count). The van der Waals surface area contributed by atoms with Gasteiger partial charge in [-0.05, 0) is 62.1 Å². The number of hydrogen-bond donors (Lipinski definition) is 2. The Labute approximate surface area is 281 Å². The van der Waals surface area contributed by atoms with E-state index in [0.717, 1.165) is 37.6 Å². The van der Waals surface area contributed by atoms with Gasteiger partial charge in [-0.2, -0.15) is 0 Å². The lowest BCUT2D eigenvalue weighted by Gasteiger charge is -2.16. The first-order valence-corrected chi connectivity index (χ1v) is 17.3. The molecular formula is C42H60N2O2. The molecular weight excluding hydrogens is 564 g/mol. The van der Waals surface area contributed by atoms with Crippen molar-refractivity contribution in [3.05, 3.63) is 132 Å². The molecule has 0 heterocycles. The Hall–Kier alpha value is -3.60. The van der Waals surface area contributed by atoms with Gasteiger partial charge in [-0.25, -0.2) is 0 Å². The fraction of sp³-hybridized carbons (Fsp3) is 0.429. The molecule has 0 amide bonds. The van der Waals surface area contributed by atoms with Gasteiger partial charge in [0.2, 0.25) is 0 Å². The fourth-order valence-electron chi connectivity index (χ4n) is 5.00. The zero-order valence-electron chi connectivity index (χ0n) is 29.3. The molecule has 4 heteroatoms. The SMILES string of the molecule is CC(C)N[C@H](C)c1ccccc1.CC(C)N[C@H](C)c1ccccc1.c1ccc(OCCCCCCCCOc2ccccc2)cc1. The maximum Gasteiger partial charge on any atom is 0.119 e. The van der Waals surface area contributed by atoms with E-state index in [0.29, 0.717) is 24.2 Å². The smallest absolute Gasteiger partial charge is 0.119 e. The number of rotatable bonds is 17. The van der Waals surface area contributed by atoms with Crippen molar-refractivity contribution in [2.24, 2.45) is 0 Å². The predicted molar refractivity (Wildman–Crippen MR) is 198 cm³/mol. The second kappa shape index (κ2) is 24.6. The molecule has 0 aliphatic heterocycles. The van der Waals surface area contributed by atoms with Gasteiger partial charge in [0.05, 0.1) is 13.2 Å². The molecule has 4 aromatic carbocycles. The van der Waals surface area contributed by atoms with Crippen LogP contribution >= 0.6 is 0 Å². The highest BCUT2D eigenvalue weighted by Gasteiger charge is 2.05. The van der Waals surface area contributed by atoms with Gasteiger partial charge in [0.25, 0.3) is 0 Å². The largest absolute Gasteiger partial charge is 0.494 e. The van der Waals surface area contributed by atoms with Crippen molar-refractivity contribution in [1.82, 2.24) is 10.6 Å². The first kappa shape index (κ1) is 38.6. The van der Waals surface area contributed by atoms with Gasteiger partial charge in [0.1, 0.15) is 11.5 Å². The Kier molecular flexibility index (Phi) is 20.6. The first-order valence-electron chi connectivity index (χ1n) is 17.3. The maximum absolute atomic E-state index is 5.68. The summed E-state index contributed by atoms with van der Waals surface area (Å²) in [4.78, 5) is 0. The lowest BCUT2D eigenvalue weighted by atomic mass is 10.1. The summed E-state index contributed by atoms with van der Waals surface area (Å²) in [5.41, 5.74) is 2.71. The molecule has 0 aliphatic rings. The van der Waals surface area contributed by atoms with Gasteiger partial charge in [0.15, 0.2) is 0 Å². The monoisotopic (exact) mass is 624 g/mol. The van der Waals surface area contributed by atoms with Crippen LogP contribution in [0.2, 0.25) is 0 Å². The van der Waals surface area contributed by atoms with E-state index in [-0.39, 0.29) is 0 Å². The van der Waals surface area contributed by atoms with Gasteiger partial charge in [-0.3, -0.25) is 0 Å². The van der Waals surface area contributed by atoms with E-state index in [1.165, 1.54) is 36.8 Å². The van der Waals surface area contributed by atoms with Crippen molar-refractivity contribution >= 4 is 0 Å². The van der Waals surface area contributed by atoms with Crippen LogP contribution in [0.5, 0.6) is 11.5 Å². The molecule has 0 aromatic heterocycles. The van der Waals surface area contributed by atoms with Crippen LogP contribution < -0.4 is 20.1 Å². The van der Waals surface area contributed by atoms with Crippen LogP contribution in [0.1, 0.15) is 103 Å². The van der Waals surface area contributed by atoms with Crippen molar-refractivity contribution in [3.8, 4) is 11.5 Å². The average Bonchev–Trinajstić information content (AvgIpc) is 3.07. The highest BCUT2D eigenvalue weighted by atomic mass is 16.5. The van der Waals surface area contributed by atoms with E-state index < -0.39 is 0 Å². The summed E-state index contributed by atoms with van der Waals surface area (Å²) in [6.07, 6.45) is 7.32. The topological polar surface area (TPSA) is 42.5 Å². The van der Waals surface area contributed by atoms with Crippen molar-refractivity contribution in [3.63, 3.8) is 0 Å². The molecule has 0 bridgehead atoms. The lowest BCUT2D eigenvalue weighted by Crippen LogP contribution is -2.25. The molecule has 46 heavy (non-hydrogen) atoms. The number of benzene rings is 4. The fourth-order valence-corrected chi connectivity index (χ4v) is 5.00. The first-order chi connectivity index (χ1) is 22.3. The number of nitrogens with one attached hydrogen (secondary N) is 2. The van der Waals surface area contributed by atoms with Crippen molar-refractivity contribution < 1.29 is 9.47 Å². The molecule has 0 aliphatic carbocycles. The van der Waals surface area contributed by atoms with Gasteiger partial charge in [-0.15, -0.1) is 0 Å². The predicted octanol–water partition coefficient (Wildman–Crippen LogP) is 11.0. The molecule has 0 unspecified atom stereocenters. The third kappa shape index (κ3) is 19.0. The Morgan fingerprint density at radius 2 is 0.674 bits per heavy atom. The quantitative estimate of drug-likeness (QED) is 0.115. The number of ether oxygens (including phenoxy) is 2. The zero-order valence-corrected chi connectivity index (χ0v) is 29.3. The van der Waals surface area contributed by atoms with Crippen LogP contribution in [0.15, 0.2) is 121 Å². The summed E-state index contributed by atoms with van der Waals surface area (Å²) >= 11 is 0. The molecule has 0 spiro atoms. The molecule has 0 saturated heterocycles. The summed E-state index contributed by atoms with van der Waals surface area (Å²) in [6, 6.07) is 43.1. The normalized spacial score (nSPS) is 11.9. The van der Waals surface area contributed by atoms with Crippen LogP contribution in [-0.2, 0) is 0 Å². The average molecular weight is 625 g/mol. The van der Waals surface area contributed by atoms with Gasteiger partial charge in [0, 0.05) is 24.2 Å². The Balaban J connectivity index is 0.000000261. The zero-order chi connectivity index (χ0) is 33.2. The Bertz CT molecular complexity index is 1120. The third-order valence-corrected chi connectivity index (χ3v) is 7.33. The van der Waals surface area contributed by atoms with E-state index in [2.05, 4.69) is 101 Å². The second-order valence-electron chi connectivity index (χ2n) is 12.4. The van der Waals surface area contributed by atoms with Crippen LogP contribution in [0.3, 0.4) is 0 Å². The molecule has 0 fully saturated rings. The van der Waals surface area contributed by atoms with Crippen molar-refractivity contribution in [2.45, 2.75) is 104 Å². The Morgan fingerprint density at radius 3 is 0.978 bits per heavy atom. The van der Waals surface area contributed by atoms with E-state index in [9.17, 15) is 0 Å². The summed E-state index contributed by atoms with van der Waals surface area (Å²) in [5.74, 6) is 1.95. The molecule has 0 saturated carbocycles. The molecule has 4 aromatic rings. The van der Waals surface area contributed by atoms with E-state index >= 15 is 0 Å². The molecule has 2 N–H and O–H groups in total. The minimum atomic E-state index is 0.450. The minimum absolute atomic E-state index is 0.450. The van der Waals surface area contributed by atoms with Gasteiger partial charge >= 0.3 is 0 Å². The Morgan fingerprint density at radius 1 is 0.391 bits per heavy atom. The summed E-state index contributed by atoms with van der Waals surface area (Å²) < 4.78 is 11.4. The minimum Gasteiger partial charge on any atom is -0.494 e. The highest BCUT2D eigenvalue weighted by Crippen LogP contribution is 2.14. The van der Waals surface area contributed by atoms with Crippen LogP contribution in [0.4, 0.5) is 0 Å². The van der Waals surface area contributed by atoms with Crippen LogP contribution in [0.25, 0.3) is 0 Å². The molecule has 0 radical (unpaired) electrons. The lowest BCUT2D eigenvalue weighted by molar-refractivity contribution is 0.297. The van der Waals surface area contributed by atoms with Gasteiger partial charge in [-0.1, -0.05) is 150 Å². The van der Waals surface area contributed by atoms with Crippen LogP contribution in [0, 0.1) is 0 Å². The number of para-hydroxylation sites is 2. The molecule has 250 valence electrons. The standard InChI is InChI=1S/C20H26O2.2C11H17N/c1(3-11-17-21-19-13-7-5-8-14-19)2-4-12-18-22-20-15-9-6-10-16-20;2*1-9(2)12-10(3)11-7-5-4-6-8-11/h5-10,13-16H,1-4,11-12,17-18H2;2*4-10,12H,1-3H3/t;2*10-/m.11/s1. The number of hydrogen-bond acceptors (Lipinski definition) is 4. The second-order valence-corrected chi connectivity index (χ2v) is 12.4. The van der Waals surface area contributed by atoms with Gasteiger partial charge < -0.3 is 20.1 Å². The van der Waals surface area contributed by atoms with Crippen LogP contribution in [-0.4, -0.2) is 25.3 Å². The van der Waals surface area contributed by atoms with Crippen molar-refractivity contribution in [2.75, 3.05) is 13.2 Å². The van der Waals surface area contributed by atoms with Crippen molar-refractivity contribution in [1.29, 1.82) is 0 Å². The van der Waals surface area contributed by atoms with E-state index in [1.807, 2.05) is 72.8 Å². The summed E-state index contributed by atoms with van der Waals surface area (Å²) in [5, 5.41) is 6.92. The number of unbranched alkanes of at least 4 members (excludes halogenated alkanes) is 5. The highest BCUT2D eigenvalue weighted by molar-refractivity contribution is 5.22. The maximum atomic E-state index is 5.68.